The van der Waals surface area contributed by atoms with Crippen LogP contribution in [0.25, 0.3) is 22.0 Å². The maximum atomic E-state index is 13.2. The Morgan fingerprint density at radius 2 is 1.89 bits per heavy atom. The molecule has 3 aromatic rings. The largest absolute Gasteiger partial charge is 0.508 e. The van der Waals surface area contributed by atoms with Crippen molar-refractivity contribution in [3.63, 3.8) is 0 Å². The molecule has 4 heteroatoms. The van der Waals surface area contributed by atoms with Crippen molar-refractivity contribution >= 4 is 10.8 Å². The maximum absolute atomic E-state index is 13.2. The van der Waals surface area contributed by atoms with Crippen LogP contribution in [-0.4, -0.2) is 10.1 Å². The van der Waals surface area contributed by atoms with E-state index >= 15 is 0 Å². The Balaban J connectivity index is 2.27. The first-order valence-corrected chi connectivity index (χ1v) is 5.75. The lowest BCUT2D eigenvalue weighted by atomic mass is 10.1. The molecule has 0 aliphatic heterocycles. The number of rotatable bonds is 1. The highest BCUT2D eigenvalue weighted by Crippen LogP contribution is 2.22. The molecule has 19 heavy (non-hydrogen) atoms. The third kappa shape index (κ3) is 2.08. The summed E-state index contributed by atoms with van der Waals surface area (Å²) in [6, 6.07) is 12.3. The van der Waals surface area contributed by atoms with E-state index in [4.69, 9.17) is 0 Å². The first-order chi connectivity index (χ1) is 9.13. The van der Waals surface area contributed by atoms with Gasteiger partial charge in [0.2, 0.25) is 0 Å². The smallest absolute Gasteiger partial charge is 0.256 e. The fraction of sp³-hybridized carbons (Fsp3) is 0. The van der Waals surface area contributed by atoms with Crippen molar-refractivity contribution in [3.8, 4) is 17.0 Å². The van der Waals surface area contributed by atoms with E-state index in [0.717, 1.165) is 0 Å². The summed E-state index contributed by atoms with van der Waals surface area (Å²) in [6.07, 6.45) is 0. The van der Waals surface area contributed by atoms with Gasteiger partial charge in [-0.25, -0.2) is 4.39 Å². The second kappa shape index (κ2) is 4.24. The summed E-state index contributed by atoms with van der Waals surface area (Å²) >= 11 is 0. The quantitative estimate of drug-likeness (QED) is 0.702. The molecule has 0 saturated heterocycles. The van der Waals surface area contributed by atoms with Crippen LogP contribution >= 0.6 is 0 Å². The second-order valence-electron chi connectivity index (χ2n) is 4.29. The van der Waals surface area contributed by atoms with Crippen LogP contribution in [0, 0.1) is 5.82 Å². The molecule has 1 heterocycles. The molecule has 0 spiro atoms. The molecular formula is C15H10FNO2. The lowest BCUT2D eigenvalue weighted by Crippen LogP contribution is -2.07. The minimum atomic E-state index is -0.357. The zero-order valence-corrected chi connectivity index (χ0v) is 9.85. The Hall–Kier alpha value is -2.62. The van der Waals surface area contributed by atoms with Crippen LogP contribution in [0.15, 0.2) is 53.3 Å². The van der Waals surface area contributed by atoms with Crippen molar-refractivity contribution in [2.24, 2.45) is 0 Å². The van der Waals surface area contributed by atoms with Crippen LogP contribution in [0.2, 0.25) is 0 Å². The van der Waals surface area contributed by atoms with Gasteiger partial charge in [0.25, 0.3) is 5.56 Å². The number of hydrogen-bond acceptors (Lipinski definition) is 2. The Labute approximate surface area is 108 Å². The molecule has 0 atom stereocenters. The maximum Gasteiger partial charge on any atom is 0.256 e. The summed E-state index contributed by atoms with van der Waals surface area (Å²) < 4.78 is 13.2. The van der Waals surface area contributed by atoms with E-state index in [9.17, 15) is 14.3 Å². The molecule has 0 aliphatic rings. The summed E-state index contributed by atoms with van der Waals surface area (Å²) in [4.78, 5) is 14.6. The standard InChI is InChI=1S/C15H10FNO2/c16-11-3-1-2-10(6-11)14-7-9-4-5-12(18)8-13(9)15(19)17-14/h1-8,18H,(H,17,19). The molecule has 0 unspecified atom stereocenters. The van der Waals surface area contributed by atoms with Gasteiger partial charge >= 0.3 is 0 Å². The average Bonchev–Trinajstić information content (AvgIpc) is 2.39. The van der Waals surface area contributed by atoms with Gasteiger partial charge in [0.15, 0.2) is 0 Å². The second-order valence-corrected chi connectivity index (χ2v) is 4.29. The molecule has 0 amide bonds. The van der Waals surface area contributed by atoms with E-state index < -0.39 is 0 Å². The fourth-order valence-electron chi connectivity index (χ4n) is 2.06. The number of halogens is 1. The molecule has 1 aromatic heterocycles. The number of benzene rings is 2. The number of aromatic hydroxyl groups is 1. The van der Waals surface area contributed by atoms with Crippen molar-refractivity contribution in [1.82, 2.24) is 4.98 Å². The molecule has 0 saturated carbocycles. The van der Waals surface area contributed by atoms with E-state index in [0.29, 0.717) is 22.0 Å². The van der Waals surface area contributed by atoms with E-state index in [-0.39, 0.29) is 17.1 Å². The van der Waals surface area contributed by atoms with Gasteiger partial charge in [-0.15, -0.1) is 0 Å². The highest BCUT2D eigenvalue weighted by atomic mass is 19.1. The number of hydrogen-bond donors (Lipinski definition) is 2. The number of fused-ring (bicyclic) bond motifs is 1. The first-order valence-electron chi connectivity index (χ1n) is 5.75. The summed E-state index contributed by atoms with van der Waals surface area (Å²) in [7, 11) is 0. The minimum absolute atomic E-state index is 0.0384. The van der Waals surface area contributed by atoms with Crippen LogP contribution in [0.5, 0.6) is 5.75 Å². The molecule has 0 aliphatic carbocycles. The van der Waals surface area contributed by atoms with Gasteiger partial charge in [-0.05, 0) is 35.7 Å². The summed E-state index contributed by atoms with van der Waals surface area (Å²) in [5.74, 6) is -0.319. The molecule has 2 aromatic carbocycles. The third-order valence-corrected chi connectivity index (χ3v) is 2.97. The highest BCUT2D eigenvalue weighted by Gasteiger charge is 2.05. The van der Waals surface area contributed by atoms with Crippen molar-refractivity contribution in [3.05, 3.63) is 64.7 Å². The predicted molar refractivity (Wildman–Crippen MR) is 71.6 cm³/mol. The number of pyridine rings is 1. The molecule has 0 radical (unpaired) electrons. The van der Waals surface area contributed by atoms with Gasteiger partial charge in [-0.2, -0.15) is 0 Å². The van der Waals surface area contributed by atoms with Crippen LogP contribution in [0.3, 0.4) is 0 Å². The van der Waals surface area contributed by atoms with Gasteiger partial charge in [0, 0.05) is 11.3 Å². The van der Waals surface area contributed by atoms with Gasteiger partial charge in [0.05, 0.1) is 5.39 Å². The highest BCUT2D eigenvalue weighted by molar-refractivity contribution is 5.86. The number of phenols is 1. The Bertz CT molecular complexity index is 824. The number of nitrogens with one attached hydrogen (secondary N) is 1. The molecule has 2 N–H and O–H groups in total. The fourth-order valence-corrected chi connectivity index (χ4v) is 2.06. The van der Waals surface area contributed by atoms with Crippen molar-refractivity contribution in [1.29, 1.82) is 0 Å². The SMILES string of the molecule is O=c1[nH]c(-c2cccc(F)c2)cc2ccc(O)cc12. The zero-order chi connectivity index (χ0) is 13.4. The predicted octanol–water partition coefficient (Wildman–Crippen LogP) is 3.04. The number of H-pyrrole nitrogens is 1. The average molecular weight is 255 g/mol. The molecule has 0 fully saturated rings. The lowest BCUT2D eigenvalue weighted by molar-refractivity contribution is 0.476. The van der Waals surface area contributed by atoms with E-state index in [1.165, 1.54) is 24.3 Å². The normalized spacial score (nSPS) is 10.8. The Morgan fingerprint density at radius 1 is 1.05 bits per heavy atom. The molecular weight excluding hydrogens is 245 g/mol. The van der Waals surface area contributed by atoms with Crippen molar-refractivity contribution < 1.29 is 9.50 Å². The van der Waals surface area contributed by atoms with Gasteiger partial charge in [-0.1, -0.05) is 18.2 Å². The minimum Gasteiger partial charge on any atom is -0.508 e. The van der Waals surface area contributed by atoms with Crippen LogP contribution in [0.4, 0.5) is 4.39 Å². The lowest BCUT2D eigenvalue weighted by Gasteiger charge is -2.04. The molecule has 94 valence electrons. The van der Waals surface area contributed by atoms with E-state index in [2.05, 4.69) is 4.98 Å². The van der Waals surface area contributed by atoms with E-state index in [1.54, 1.807) is 24.3 Å². The molecule has 0 bridgehead atoms. The van der Waals surface area contributed by atoms with Gasteiger partial charge in [-0.3, -0.25) is 4.79 Å². The van der Waals surface area contributed by atoms with Crippen LogP contribution < -0.4 is 5.56 Å². The molecule has 3 nitrogen and oxygen atoms in total. The first kappa shape index (κ1) is 11.5. The molecule has 3 rings (SSSR count). The Kier molecular flexibility index (Phi) is 2.56. The number of aromatic nitrogens is 1. The number of aromatic amines is 1. The topological polar surface area (TPSA) is 53.1 Å². The summed E-state index contributed by atoms with van der Waals surface area (Å²) in [5.41, 5.74) is 0.836. The third-order valence-electron chi connectivity index (χ3n) is 2.97. The summed E-state index contributed by atoms with van der Waals surface area (Å²) in [5, 5.41) is 10.5. The van der Waals surface area contributed by atoms with Crippen LogP contribution in [-0.2, 0) is 0 Å². The van der Waals surface area contributed by atoms with Crippen molar-refractivity contribution in [2.75, 3.05) is 0 Å². The van der Waals surface area contributed by atoms with Gasteiger partial charge < -0.3 is 10.1 Å². The monoisotopic (exact) mass is 255 g/mol. The van der Waals surface area contributed by atoms with Crippen LogP contribution in [0.1, 0.15) is 0 Å². The van der Waals surface area contributed by atoms with Gasteiger partial charge in [0.1, 0.15) is 11.6 Å². The summed E-state index contributed by atoms with van der Waals surface area (Å²) in [6.45, 7) is 0. The number of phenolic OH excluding ortho intramolecular Hbond substituents is 1. The van der Waals surface area contributed by atoms with E-state index in [1.807, 2.05) is 0 Å². The Morgan fingerprint density at radius 3 is 2.68 bits per heavy atom. The van der Waals surface area contributed by atoms with Crippen molar-refractivity contribution in [2.45, 2.75) is 0 Å². The zero-order valence-electron chi connectivity index (χ0n) is 9.85.